The Morgan fingerprint density at radius 1 is 1.47 bits per heavy atom. The highest BCUT2D eigenvalue weighted by molar-refractivity contribution is 7.52. The molecule has 17 heavy (non-hydrogen) atoms. The van der Waals surface area contributed by atoms with E-state index in [2.05, 4.69) is 9.97 Å². The number of aromatic amines is 1. The molecule has 0 radical (unpaired) electrons. The maximum Gasteiger partial charge on any atom is 0.373 e. The molecule has 0 bridgehead atoms. The molecular formula is C10H11N2O4P. The predicted molar refractivity (Wildman–Crippen MR) is 63.5 cm³/mol. The summed E-state index contributed by atoms with van der Waals surface area (Å²) in [4.78, 5) is 27.5. The van der Waals surface area contributed by atoms with E-state index in [1.165, 1.54) is 6.07 Å². The molecule has 1 unspecified atom stereocenters. The van der Waals surface area contributed by atoms with Gasteiger partial charge < -0.3 is 14.4 Å². The summed E-state index contributed by atoms with van der Waals surface area (Å²) in [6.07, 6.45) is 0. The highest BCUT2D eigenvalue weighted by Gasteiger charge is 2.15. The van der Waals surface area contributed by atoms with Crippen LogP contribution in [0.5, 0.6) is 5.75 Å². The average Bonchev–Trinajstić information content (AvgIpc) is 2.17. The van der Waals surface area contributed by atoms with E-state index >= 15 is 0 Å². The first kappa shape index (κ1) is 11.8. The van der Waals surface area contributed by atoms with Crippen LogP contribution in [0.25, 0.3) is 10.9 Å². The number of rotatable bonds is 2. The summed E-state index contributed by atoms with van der Waals surface area (Å²) in [5.41, 5.74) is -0.0216. The molecule has 6 nitrogen and oxygen atoms in total. The van der Waals surface area contributed by atoms with Crippen molar-refractivity contribution in [3.63, 3.8) is 0 Å². The number of fused-ring (bicyclic) bond motifs is 1. The minimum absolute atomic E-state index is 0.130. The lowest BCUT2D eigenvalue weighted by atomic mass is 10.2. The van der Waals surface area contributed by atoms with Crippen LogP contribution in [0.15, 0.2) is 23.0 Å². The number of aryl methyl sites for hydroxylation is 1. The van der Waals surface area contributed by atoms with Gasteiger partial charge in [-0.1, -0.05) is 6.07 Å². The lowest BCUT2D eigenvalue weighted by Gasteiger charge is -2.10. The molecule has 0 aliphatic rings. The molecule has 0 amide bonds. The number of H-pyrrole nitrogens is 1. The Morgan fingerprint density at radius 2 is 2.18 bits per heavy atom. The van der Waals surface area contributed by atoms with Gasteiger partial charge in [0.25, 0.3) is 5.56 Å². The van der Waals surface area contributed by atoms with E-state index in [0.29, 0.717) is 11.2 Å². The van der Waals surface area contributed by atoms with E-state index in [4.69, 9.17) is 4.52 Å². The molecule has 0 fully saturated rings. The van der Waals surface area contributed by atoms with Crippen LogP contribution in [0.3, 0.4) is 0 Å². The largest absolute Gasteiger partial charge is 0.422 e. The number of nitrogens with zero attached hydrogens (tertiary/aromatic N) is 1. The van der Waals surface area contributed by atoms with Crippen molar-refractivity contribution in [3.05, 3.63) is 34.4 Å². The monoisotopic (exact) mass is 254 g/mol. The molecule has 1 atom stereocenters. The molecule has 0 spiro atoms. The van der Waals surface area contributed by atoms with E-state index in [0.717, 1.165) is 6.66 Å². The number of hydrogen-bond acceptors (Lipinski definition) is 4. The van der Waals surface area contributed by atoms with Gasteiger partial charge in [0.05, 0.1) is 5.39 Å². The van der Waals surface area contributed by atoms with Gasteiger partial charge in [0, 0.05) is 6.66 Å². The Labute approximate surface area is 96.8 Å². The Morgan fingerprint density at radius 3 is 2.82 bits per heavy atom. The molecule has 2 N–H and O–H groups in total. The molecule has 1 aromatic carbocycles. The molecule has 0 aliphatic heterocycles. The van der Waals surface area contributed by atoms with Gasteiger partial charge in [-0.25, -0.2) is 9.55 Å². The van der Waals surface area contributed by atoms with E-state index < -0.39 is 7.60 Å². The molecule has 90 valence electrons. The van der Waals surface area contributed by atoms with Crippen LogP contribution < -0.4 is 10.1 Å². The van der Waals surface area contributed by atoms with Gasteiger partial charge in [-0.15, -0.1) is 0 Å². The van der Waals surface area contributed by atoms with Gasteiger partial charge in [0.15, 0.2) is 5.75 Å². The third-order valence-electron chi connectivity index (χ3n) is 2.09. The summed E-state index contributed by atoms with van der Waals surface area (Å²) < 4.78 is 16.1. The van der Waals surface area contributed by atoms with Crippen molar-refractivity contribution in [1.82, 2.24) is 9.97 Å². The molecule has 2 aromatic rings. The van der Waals surface area contributed by atoms with Crippen LogP contribution in [0.2, 0.25) is 0 Å². The molecule has 2 rings (SSSR count). The summed E-state index contributed by atoms with van der Waals surface area (Å²) in [6.45, 7) is 2.70. The Bertz CT molecular complexity index is 674. The van der Waals surface area contributed by atoms with Crippen molar-refractivity contribution in [2.45, 2.75) is 6.92 Å². The zero-order chi connectivity index (χ0) is 12.6. The van der Waals surface area contributed by atoms with Crippen molar-refractivity contribution < 1.29 is 14.0 Å². The van der Waals surface area contributed by atoms with Crippen LogP contribution in [0, 0.1) is 6.92 Å². The summed E-state index contributed by atoms with van der Waals surface area (Å²) in [6, 6.07) is 4.64. The zero-order valence-electron chi connectivity index (χ0n) is 9.30. The van der Waals surface area contributed by atoms with Crippen LogP contribution in [0.4, 0.5) is 0 Å². The molecule has 7 heteroatoms. The van der Waals surface area contributed by atoms with Crippen LogP contribution in [0.1, 0.15) is 5.82 Å². The van der Waals surface area contributed by atoms with E-state index in [1.54, 1.807) is 19.1 Å². The fourth-order valence-electron chi connectivity index (χ4n) is 1.50. The third-order valence-corrected chi connectivity index (χ3v) is 2.62. The van der Waals surface area contributed by atoms with Gasteiger partial charge in [-0.2, -0.15) is 0 Å². The fourth-order valence-corrected chi connectivity index (χ4v) is 2.02. The van der Waals surface area contributed by atoms with Crippen LogP contribution in [-0.2, 0) is 4.57 Å². The normalized spacial score (nSPS) is 14.5. The van der Waals surface area contributed by atoms with Crippen molar-refractivity contribution >= 4 is 18.5 Å². The second-order valence-electron chi connectivity index (χ2n) is 3.70. The van der Waals surface area contributed by atoms with E-state index in [1.807, 2.05) is 0 Å². The molecule has 1 aromatic heterocycles. The smallest absolute Gasteiger partial charge is 0.373 e. The summed E-state index contributed by atoms with van der Waals surface area (Å²) in [5, 5.41) is 0.321. The second-order valence-corrected chi connectivity index (χ2v) is 5.49. The lowest BCUT2D eigenvalue weighted by Crippen LogP contribution is -2.10. The minimum atomic E-state index is -3.67. The fraction of sp³-hybridized carbons (Fsp3) is 0.200. The predicted octanol–water partition coefficient (Wildman–Crippen LogP) is 1.43. The number of para-hydroxylation sites is 1. The number of benzene rings is 1. The number of nitrogens with one attached hydrogen (secondary N) is 1. The van der Waals surface area contributed by atoms with E-state index in [-0.39, 0.29) is 16.8 Å². The highest BCUT2D eigenvalue weighted by Crippen LogP contribution is 2.39. The molecule has 0 aliphatic carbocycles. The lowest BCUT2D eigenvalue weighted by molar-refractivity contribution is 0.389. The summed E-state index contributed by atoms with van der Waals surface area (Å²) >= 11 is 0. The van der Waals surface area contributed by atoms with Crippen molar-refractivity contribution in [3.8, 4) is 5.75 Å². The van der Waals surface area contributed by atoms with Gasteiger partial charge in [-0.05, 0) is 19.1 Å². The quantitative estimate of drug-likeness (QED) is 0.791. The first-order valence-corrected chi connectivity index (χ1v) is 6.89. The van der Waals surface area contributed by atoms with Crippen LogP contribution >= 0.6 is 7.60 Å². The standard InChI is InChI=1S/C10H11N2O4P/c1-6-11-9-7(10(13)12-6)4-3-5-8(9)16-17(2,14)15/h3-5H,1-2H3,(H,14,15)(H,11,12,13). The Balaban J connectivity index is 2.73. The van der Waals surface area contributed by atoms with Crippen LogP contribution in [-0.4, -0.2) is 21.5 Å². The maximum atomic E-state index is 11.6. The Hall–Kier alpha value is -1.65. The third kappa shape index (κ3) is 2.54. The second kappa shape index (κ2) is 3.98. The highest BCUT2D eigenvalue weighted by atomic mass is 31.2. The Kier molecular flexibility index (Phi) is 2.77. The minimum Gasteiger partial charge on any atom is -0.422 e. The van der Waals surface area contributed by atoms with Crippen molar-refractivity contribution in [2.24, 2.45) is 0 Å². The topological polar surface area (TPSA) is 92.3 Å². The first-order chi connectivity index (χ1) is 7.87. The maximum absolute atomic E-state index is 11.6. The SMILES string of the molecule is Cc1nc2c(OP(C)(=O)O)cccc2c(=O)[nH]1. The molecular weight excluding hydrogens is 243 g/mol. The zero-order valence-corrected chi connectivity index (χ0v) is 10.2. The van der Waals surface area contributed by atoms with Crippen molar-refractivity contribution in [2.75, 3.05) is 6.66 Å². The number of hydrogen-bond donors (Lipinski definition) is 2. The van der Waals surface area contributed by atoms with Gasteiger partial charge in [-0.3, -0.25) is 4.79 Å². The van der Waals surface area contributed by atoms with Gasteiger partial charge in [0.1, 0.15) is 11.3 Å². The summed E-state index contributed by atoms with van der Waals surface area (Å²) in [5.74, 6) is 0.549. The molecule has 1 heterocycles. The van der Waals surface area contributed by atoms with E-state index in [9.17, 15) is 14.3 Å². The molecule has 0 saturated heterocycles. The van der Waals surface area contributed by atoms with Crippen molar-refractivity contribution in [1.29, 1.82) is 0 Å². The number of aromatic nitrogens is 2. The van der Waals surface area contributed by atoms with Gasteiger partial charge in [0.2, 0.25) is 0 Å². The molecule has 0 saturated carbocycles. The average molecular weight is 254 g/mol. The summed E-state index contributed by atoms with van der Waals surface area (Å²) in [7, 11) is -3.67. The van der Waals surface area contributed by atoms with Gasteiger partial charge >= 0.3 is 7.60 Å². The first-order valence-electron chi connectivity index (χ1n) is 4.86.